The van der Waals surface area contributed by atoms with E-state index in [9.17, 15) is 14.4 Å². The molecule has 2 atom stereocenters. The van der Waals surface area contributed by atoms with E-state index in [-0.39, 0.29) is 25.0 Å². The van der Waals surface area contributed by atoms with Gasteiger partial charge in [0.2, 0.25) is 0 Å². The summed E-state index contributed by atoms with van der Waals surface area (Å²) in [7, 11) is 2.65. The molecule has 0 aliphatic carbocycles. The summed E-state index contributed by atoms with van der Waals surface area (Å²) in [5.74, 6) is -1.87. The fourth-order valence-corrected chi connectivity index (χ4v) is 1.89. The number of esters is 1. The summed E-state index contributed by atoms with van der Waals surface area (Å²) in [6.45, 7) is 0.512. The van der Waals surface area contributed by atoms with E-state index in [4.69, 9.17) is 9.84 Å². The van der Waals surface area contributed by atoms with Crippen molar-refractivity contribution in [2.45, 2.75) is 12.5 Å². The molecule has 0 aromatic carbocycles. The zero-order valence-corrected chi connectivity index (χ0v) is 10.9. The number of ether oxygens (including phenoxy) is 2. The number of urea groups is 1. The van der Waals surface area contributed by atoms with Gasteiger partial charge in [0.05, 0.1) is 19.6 Å². The fraction of sp³-hybridized carbons (Fsp3) is 0.727. The second-order valence-corrected chi connectivity index (χ2v) is 4.25. The zero-order valence-electron chi connectivity index (χ0n) is 10.9. The normalized spacial score (nSPS) is 19.9. The highest BCUT2D eigenvalue weighted by Gasteiger charge is 2.33. The molecule has 1 saturated heterocycles. The molecule has 2 unspecified atom stereocenters. The van der Waals surface area contributed by atoms with Gasteiger partial charge in [-0.2, -0.15) is 0 Å². The largest absolute Gasteiger partial charge is 0.480 e. The number of carboxylic acid groups (broad SMARTS) is 1. The van der Waals surface area contributed by atoms with Gasteiger partial charge < -0.3 is 24.8 Å². The Hall–Kier alpha value is -1.83. The smallest absolute Gasteiger partial charge is 0.328 e. The van der Waals surface area contributed by atoms with Crippen molar-refractivity contribution < 1.29 is 29.0 Å². The minimum Gasteiger partial charge on any atom is -0.480 e. The van der Waals surface area contributed by atoms with E-state index in [1.807, 2.05) is 0 Å². The third kappa shape index (κ3) is 4.09. The molecule has 8 heteroatoms. The van der Waals surface area contributed by atoms with Crippen LogP contribution in [0.5, 0.6) is 0 Å². The average molecular weight is 274 g/mol. The van der Waals surface area contributed by atoms with E-state index >= 15 is 0 Å². The SMILES string of the molecule is COCC(NC(=O)N1CCC(C(=O)OC)C1)C(=O)O. The molecule has 1 fully saturated rings. The standard InChI is InChI=1S/C11H18N2O6/c1-18-6-8(9(14)15)12-11(17)13-4-3-7(5-13)10(16)19-2/h7-8H,3-6H2,1-2H3,(H,12,17)(H,14,15). The fourth-order valence-electron chi connectivity index (χ4n) is 1.89. The highest BCUT2D eigenvalue weighted by molar-refractivity contribution is 5.83. The zero-order chi connectivity index (χ0) is 14.4. The van der Waals surface area contributed by atoms with Crippen LogP contribution in [0.4, 0.5) is 4.79 Å². The van der Waals surface area contributed by atoms with Gasteiger partial charge in [-0.15, -0.1) is 0 Å². The monoisotopic (exact) mass is 274 g/mol. The second-order valence-electron chi connectivity index (χ2n) is 4.25. The van der Waals surface area contributed by atoms with Gasteiger partial charge in [0.1, 0.15) is 0 Å². The molecule has 1 rings (SSSR count). The minimum atomic E-state index is -1.17. The van der Waals surface area contributed by atoms with Crippen molar-refractivity contribution in [2.75, 3.05) is 33.9 Å². The van der Waals surface area contributed by atoms with Crippen LogP contribution in [0, 0.1) is 5.92 Å². The predicted octanol–water partition coefficient (Wildman–Crippen LogP) is -0.709. The van der Waals surface area contributed by atoms with Crippen molar-refractivity contribution in [3.8, 4) is 0 Å². The van der Waals surface area contributed by atoms with Crippen molar-refractivity contribution in [3.63, 3.8) is 0 Å². The van der Waals surface area contributed by atoms with Crippen molar-refractivity contribution in [1.82, 2.24) is 10.2 Å². The predicted molar refractivity (Wildman–Crippen MR) is 63.5 cm³/mol. The molecule has 8 nitrogen and oxygen atoms in total. The lowest BCUT2D eigenvalue weighted by Crippen LogP contribution is -2.49. The maximum atomic E-state index is 11.8. The third-order valence-electron chi connectivity index (χ3n) is 2.94. The Balaban J connectivity index is 2.50. The van der Waals surface area contributed by atoms with E-state index in [1.54, 1.807) is 0 Å². The lowest BCUT2D eigenvalue weighted by atomic mass is 10.1. The van der Waals surface area contributed by atoms with E-state index < -0.39 is 18.0 Å². The maximum absolute atomic E-state index is 11.8. The molecule has 1 aliphatic rings. The Bertz CT molecular complexity index is 359. The summed E-state index contributed by atoms with van der Waals surface area (Å²) in [6.07, 6.45) is 0.516. The first-order chi connectivity index (χ1) is 8.99. The molecule has 0 spiro atoms. The minimum absolute atomic E-state index is 0.116. The topological polar surface area (TPSA) is 105 Å². The van der Waals surface area contributed by atoms with Gasteiger partial charge in [-0.05, 0) is 6.42 Å². The number of carbonyl (C=O) groups is 3. The Kier molecular flexibility index (Phi) is 5.56. The van der Waals surface area contributed by atoms with Gasteiger partial charge in [-0.25, -0.2) is 9.59 Å². The van der Waals surface area contributed by atoms with Crippen molar-refractivity contribution in [1.29, 1.82) is 0 Å². The molecule has 2 N–H and O–H groups in total. The summed E-state index contributed by atoms with van der Waals surface area (Å²) in [5, 5.41) is 11.2. The Morgan fingerprint density at radius 1 is 1.42 bits per heavy atom. The number of nitrogens with one attached hydrogen (secondary N) is 1. The Labute approximate surface area is 110 Å². The molecule has 0 saturated carbocycles. The Morgan fingerprint density at radius 3 is 2.63 bits per heavy atom. The molecule has 0 bridgehead atoms. The van der Waals surface area contributed by atoms with E-state index in [2.05, 4.69) is 10.1 Å². The maximum Gasteiger partial charge on any atom is 0.328 e. The second kappa shape index (κ2) is 6.93. The summed E-state index contributed by atoms with van der Waals surface area (Å²) in [6, 6.07) is -1.62. The van der Waals surface area contributed by atoms with Gasteiger partial charge in [0.15, 0.2) is 6.04 Å². The van der Waals surface area contributed by atoms with Crippen LogP contribution in [-0.4, -0.2) is 67.9 Å². The van der Waals surface area contributed by atoms with E-state index in [0.717, 1.165) is 0 Å². The molecule has 2 amide bonds. The number of rotatable bonds is 5. The first-order valence-corrected chi connectivity index (χ1v) is 5.84. The lowest BCUT2D eigenvalue weighted by molar-refractivity contribution is -0.145. The van der Waals surface area contributed by atoms with Gasteiger partial charge in [-0.3, -0.25) is 4.79 Å². The number of nitrogens with zero attached hydrogens (tertiary/aromatic N) is 1. The van der Waals surface area contributed by atoms with Crippen LogP contribution in [-0.2, 0) is 19.1 Å². The van der Waals surface area contributed by atoms with Crippen LogP contribution in [0.15, 0.2) is 0 Å². The number of carbonyl (C=O) groups excluding carboxylic acids is 2. The first-order valence-electron chi connectivity index (χ1n) is 5.84. The molecule has 0 aromatic heterocycles. The van der Waals surface area contributed by atoms with Crippen LogP contribution >= 0.6 is 0 Å². The molecule has 19 heavy (non-hydrogen) atoms. The molecular formula is C11H18N2O6. The highest BCUT2D eigenvalue weighted by Crippen LogP contribution is 2.17. The number of aliphatic carboxylic acids is 1. The molecule has 108 valence electrons. The summed E-state index contributed by atoms with van der Waals surface area (Å²) >= 11 is 0. The van der Waals surface area contributed by atoms with Crippen LogP contribution in [0.1, 0.15) is 6.42 Å². The van der Waals surface area contributed by atoms with Gasteiger partial charge in [0.25, 0.3) is 0 Å². The van der Waals surface area contributed by atoms with Gasteiger partial charge >= 0.3 is 18.0 Å². The number of likely N-dealkylation sites (tertiary alicyclic amines) is 1. The first kappa shape index (κ1) is 15.2. The van der Waals surface area contributed by atoms with Crippen molar-refractivity contribution in [3.05, 3.63) is 0 Å². The third-order valence-corrected chi connectivity index (χ3v) is 2.94. The molecular weight excluding hydrogens is 256 g/mol. The van der Waals surface area contributed by atoms with E-state index in [0.29, 0.717) is 13.0 Å². The number of amides is 2. The average Bonchev–Trinajstić information content (AvgIpc) is 2.86. The van der Waals surface area contributed by atoms with E-state index in [1.165, 1.54) is 19.1 Å². The van der Waals surface area contributed by atoms with Crippen LogP contribution in [0.2, 0.25) is 0 Å². The van der Waals surface area contributed by atoms with Gasteiger partial charge in [0, 0.05) is 20.2 Å². The number of hydrogen-bond acceptors (Lipinski definition) is 5. The number of methoxy groups -OCH3 is 2. The van der Waals surface area contributed by atoms with Gasteiger partial charge in [-0.1, -0.05) is 0 Å². The summed E-state index contributed by atoms with van der Waals surface area (Å²) in [5.41, 5.74) is 0. The highest BCUT2D eigenvalue weighted by atomic mass is 16.5. The van der Waals surface area contributed by atoms with Crippen LogP contribution in [0.25, 0.3) is 0 Å². The molecule has 0 radical (unpaired) electrons. The summed E-state index contributed by atoms with van der Waals surface area (Å²) < 4.78 is 9.33. The molecule has 1 heterocycles. The van der Waals surface area contributed by atoms with Crippen LogP contribution in [0.3, 0.4) is 0 Å². The van der Waals surface area contributed by atoms with Crippen LogP contribution < -0.4 is 5.32 Å². The number of carboxylic acids is 1. The molecule has 0 aromatic rings. The quantitative estimate of drug-likeness (QED) is 0.642. The molecule has 1 aliphatic heterocycles. The van der Waals surface area contributed by atoms with Crippen molar-refractivity contribution in [2.24, 2.45) is 5.92 Å². The summed E-state index contributed by atoms with van der Waals surface area (Å²) in [4.78, 5) is 35.4. The lowest BCUT2D eigenvalue weighted by Gasteiger charge is -2.20. The Morgan fingerprint density at radius 2 is 2.11 bits per heavy atom. The van der Waals surface area contributed by atoms with Crippen molar-refractivity contribution >= 4 is 18.0 Å². The number of hydrogen-bond donors (Lipinski definition) is 2.